The first-order chi connectivity index (χ1) is 8.20. The molecule has 1 heterocycles. The first-order valence-electron chi connectivity index (χ1n) is 6.00. The Bertz CT molecular complexity index is 468. The fraction of sp³-hybridized carbons (Fsp3) is 0.462. The lowest BCUT2D eigenvalue weighted by Gasteiger charge is -2.38. The summed E-state index contributed by atoms with van der Waals surface area (Å²) in [5.41, 5.74) is 0.865. The van der Waals surface area contributed by atoms with Gasteiger partial charge < -0.3 is 5.32 Å². The summed E-state index contributed by atoms with van der Waals surface area (Å²) in [6.45, 7) is 0. The number of rotatable bonds is 0. The number of anilines is 1. The van der Waals surface area contributed by atoms with E-state index < -0.39 is 0 Å². The van der Waals surface area contributed by atoms with Gasteiger partial charge in [0.2, 0.25) is 5.91 Å². The normalized spacial score (nSPS) is 22.1. The number of fused-ring (bicyclic) bond motifs is 1. The highest BCUT2D eigenvalue weighted by Gasteiger charge is 2.43. The number of nitrogens with one attached hydrogen (secondary N) is 1. The van der Waals surface area contributed by atoms with Crippen molar-refractivity contribution in [1.82, 2.24) is 0 Å². The predicted molar refractivity (Wildman–Crippen MR) is 71.8 cm³/mol. The van der Waals surface area contributed by atoms with Crippen LogP contribution in [0.3, 0.4) is 0 Å². The van der Waals surface area contributed by atoms with Crippen molar-refractivity contribution in [3.8, 4) is 0 Å². The summed E-state index contributed by atoms with van der Waals surface area (Å²) in [7, 11) is 0. The second kappa shape index (κ2) is 4.21. The molecule has 4 heteroatoms. The van der Waals surface area contributed by atoms with Gasteiger partial charge >= 0.3 is 0 Å². The van der Waals surface area contributed by atoms with Crippen LogP contribution in [0.25, 0.3) is 0 Å². The minimum atomic E-state index is -0.223. The quantitative estimate of drug-likeness (QED) is 0.767. The van der Waals surface area contributed by atoms with Gasteiger partial charge in [-0.25, -0.2) is 0 Å². The molecule has 1 aliphatic carbocycles. The Hall–Kier alpha value is -0.670. The molecule has 1 aromatic carbocycles. The van der Waals surface area contributed by atoms with E-state index in [0.717, 1.165) is 36.3 Å². The summed E-state index contributed by atoms with van der Waals surface area (Å²) in [6.07, 6.45) is 5.55. The number of carbonyl (C=O) groups excluding carboxylic acids is 1. The van der Waals surface area contributed by atoms with E-state index in [9.17, 15) is 4.79 Å². The summed E-state index contributed by atoms with van der Waals surface area (Å²) < 4.78 is -0.223. The van der Waals surface area contributed by atoms with Crippen LogP contribution in [-0.4, -0.2) is 10.7 Å². The monoisotopic (exact) mass is 267 g/mol. The second-order valence-electron chi connectivity index (χ2n) is 4.75. The molecular formula is C13H14ClNOS. The number of benzene rings is 1. The Labute approximate surface area is 110 Å². The molecule has 0 radical (unpaired) electrons. The summed E-state index contributed by atoms with van der Waals surface area (Å²) in [6, 6.07) is 5.73. The smallest absolute Gasteiger partial charge is 0.241 e. The lowest BCUT2D eigenvalue weighted by Crippen LogP contribution is -2.43. The summed E-state index contributed by atoms with van der Waals surface area (Å²) in [5.74, 6) is 0.164. The van der Waals surface area contributed by atoms with Crippen LogP contribution in [0.15, 0.2) is 23.1 Å². The van der Waals surface area contributed by atoms with Crippen LogP contribution in [0.4, 0.5) is 5.69 Å². The van der Waals surface area contributed by atoms with Crippen molar-refractivity contribution >= 4 is 35.0 Å². The zero-order valence-electron chi connectivity index (χ0n) is 9.46. The molecule has 0 bridgehead atoms. The van der Waals surface area contributed by atoms with Gasteiger partial charge in [-0.2, -0.15) is 0 Å². The van der Waals surface area contributed by atoms with E-state index in [1.54, 1.807) is 11.8 Å². The molecule has 0 aromatic heterocycles. The molecule has 1 spiro atoms. The van der Waals surface area contributed by atoms with Crippen molar-refractivity contribution in [3.05, 3.63) is 23.2 Å². The fourth-order valence-electron chi connectivity index (χ4n) is 2.63. The zero-order valence-corrected chi connectivity index (χ0v) is 11.0. The predicted octanol–water partition coefficient (Wildman–Crippen LogP) is 4.09. The summed E-state index contributed by atoms with van der Waals surface area (Å²) >= 11 is 7.67. The van der Waals surface area contributed by atoms with E-state index in [-0.39, 0.29) is 10.7 Å². The van der Waals surface area contributed by atoms with E-state index in [2.05, 4.69) is 5.32 Å². The highest BCUT2D eigenvalue weighted by molar-refractivity contribution is 8.01. The van der Waals surface area contributed by atoms with E-state index in [0.29, 0.717) is 5.02 Å². The number of carbonyl (C=O) groups is 1. The van der Waals surface area contributed by atoms with Gasteiger partial charge in [0.15, 0.2) is 0 Å². The first kappa shape index (κ1) is 11.4. The van der Waals surface area contributed by atoms with E-state index in [1.165, 1.54) is 6.42 Å². The Balaban J connectivity index is 1.97. The van der Waals surface area contributed by atoms with Crippen LogP contribution in [0, 0.1) is 0 Å². The van der Waals surface area contributed by atoms with Gasteiger partial charge in [0.25, 0.3) is 0 Å². The van der Waals surface area contributed by atoms with Gasteiger partial charge in [0.05, 0.1) is 10.4 Å². The number of hydrogen-bond donors (Lipinski definition) is 1. The third kappa shape index (κ3) is 1.95. The third-order valence-electron chi connectivity index (χ3n) is 3.57. The maximum absolute atomic E-state index is 12.3. The van der Waals surface area contributed by atoms with Gasteiger partial charge in [-0.05, 0) is 31.0 Å². The Morgan fingerprint density at radius 2 is 2.00 bits per heavy atom. The number of amides is 1. The zero-order chi connectivity index (χ0) is 11.9. The minimum Gasteiger partial charge on any atom is -0.324 e. The molecule has 0 atom stereocenters. The van der Waals surface area contributed by atoms with Gasteiger partial charge in [-0.1, -0.05) is 30.9 Å². The Morgan fingerprint density at radius 3 is 2.76 bits per heavy atom. The molecule has 0 unspecified atom stereocenters. The molecular weight excluding hydrogens is 254 g/mol. The molecule has 0 saturated heterocycles. The Kier molecular flexibility index (Phi) is 2.83. The molecule has 2 nitrogen and oxygen atoms in total. The Morgan fingerprint density at radius 1 is 1.24 bits per heavy atom. The topological polar surface area (TPSA) is 29.1 Å². The minimum absolute atomic E-state index is 0.164. The molecule has 3 rings (SSSR count). The van der Waals surface area contributed by atoms with Gasteiger partial charge in [0.1, 0.15) is 0 Å². The van der Waals surface area contributed by atoms with Crippen LogP contribution in [0.1, 0.15) is 32.1 Å². The lowest BCUT2D eigenvalue weighted by atomic mass is 9.87. The van der Waals surface area contributed by atoms with Crippen LogP contribution in [-0.2, 0) is 4.79 Å². The van der Waals surface area contributed by atoms with Crippen molar-refractivity contribution < 1.29 is 4.79 Å². The lowest BCUT2D eigenvalue weighted by molar-refractivity contribution is -0.119. The van der Waals surface area contributed by atoms with E-state index >= 15 is 0 Å². The highest BCUT2D eigenvalue weighted by Crippen LogP contribution is 2.50. The number of halogens is 1. The van der Waals surface area contributed by atoms with Crippen molar-refractivity contribution in [2.75, 3.05) is 5.32 Å². The van der Waals surface area contributed by atoms with Crippen LogP contribution in [0.2, 0.25) is 5.02 Å². The molecule has 1 N–H and O–H groups in total. The van der Waals surface area contributed by atoms with Crippen LogP contribution < -0.4 is 5.32 Å². The average Bonchev–Trinajstić information content (AvgIpc) is 2.33. The second-order valence-corrected chi connectivity index (χ2v) is 6.61. The molecule has 2 aliphatic rings. The third-order valence-corrected chi connectivity index (χ3v) is 5.37. The van der Waals surface area contributed by atoms with Crippen molar-refractivity contribution in [3.63, 3.8) is 0 Å². The van der Waals surface area contributed by atoms with Crippen LogP contribution in [0.5, 0.6) is 0 Å². The fourth-order valence-corrected chi connectivity index (χ4v) is 4.22. The average molecular weight is 268 g/mol. The van der Waals surface area contributed by atoms with Crippen molar-refractivity contribution in [1.29, 1.82) is 0 Å². The van der Waals surface area contributed by atoms with Crippen LogP contribution >= 0.6 is 23.4 Å². The van der Waals surface area contributed by atoms with Crippen molar-refractivity contribution in [2.45, 2.75) is 41.7 Å². The highest BCUT2D eigenvalue weighted by atomic mass is 35.5. The summed E-state index contributed by atoms with van der Waals surface area (Å²) in [4.78, 5) is 13.4. The molecule has 1 saturated carbocycles. The van der Waals surface area contributed by atoms with Gasteiger partial charge in [-0.15, -0.1) is 11.8 Å². The molecule has 1 fully saturated rings. The largest absolute Gasteiger partial charge is 0.324 e. The van der Waals surface area contributed by atoms with E-state index in [1.807, 2.05) is 18.2 Å². The van der Waals surface area contributed by atoms with Gasteiger partial charge in [0, 0.05) is 9.92 Å². The van der Waals surface area contributed by atoms with Crippen molar-refractivity contribution in [2.24, 2.45) is 0 Å². The number of thioether (sulfide) groups is 1. The molecule has 1 aliphatic heterocycles. The maximum atomic E-state index is 12.3. The number of hydrogen-bond acceptors (Lipinski definition) is 2. The maximum Gasteiger partial charge on any atom is 0.241 e. The first-order valence-corrected chi connectivity index (χ1v) is 7.19. The molecule has 17 heavy (non-hydrogen) atoms. The van der Waals surface area contributed by atoms with Gasteiger partial charge in [-0.3, -0.25) is 4.79 Å². The summed E-state index contributed by atoms with van der Waals surface area (Å²) in [5, 5.41) is 3.69. The molecule has 1 aromatic rings. The molecule has 90 valence electrons. The SMILES string of the molecule is O=C1Nc2cc(Cl)ccc2SC12CCCCC2. The molecule has 1 amide bonds. The standard InChI is InChI=1S/C13H14ClNOS/c14-9-4-5-11-10(8-9)15-12(16)13(17-11)6-2-1-3-7-13/h4-5,8H,1-3,6-7H2,(H,15,16). The van der Waals surface area contributed by atoms with E-state index in [4.69, 9.17) is 11.6 Å².